The standard InChI is InChI=1S/C13H20O4/c1-4-5-6-7-10-8-9(2)17-13(15)11(10)12(14)16-3/h7,9,14H,4-6,8H2,1-3H3/b10-7?,12-11-. The van der Waals surface area contributed by atoms with E-state index >= 15 is 0 Å². The summed E-state index contributed by atoms with van der Waals surface area (Å²) in [5.41, 5.74) is 0.989. The average molecular weight is 240 g/mol. The lowest BCUT2D eigenvalue weighted by atomic mass is 9.96. The summed E-state index contributed by atoms with van der Waals surface area (Å²) < 4.78 is 9.81. The molecule has 0 radical (unpaired) electrons. The van der Waals surface area contributed by atoms with Crippen LogP contribution in [0.4, 0.5) is 0 Å². The molecular formula is C13H20O4. The molecule has 1 rings (SSSR count). The fourth-order valence-corrected chi connectivity index (χ4v) is 1.82. The number of esters is 1. The number of ether oxygens (including phenoxy) is 2. The molecular weight excluding hydrogens is 220 g/mol. The van der Waals surface area contributed by atoms with E-state index in [1.807, 2.05) is 13.0 Å². The van der Waals surface area contributed by atoms with Crippen molar-refractivity contribution in [2.45, 2.75) is 45.6 Å². The second kappa shape index (κ2) is 6.33. The van der Waals surface area contributed by atoms with Gasteiger partial charge in [-0.3, -0.25) is 0 Å². The molecule has 0 aliphatic carbocycles. The predicted molar refractivity (Wildman–Crippen MR) is 64.4 cm³/mol. The zero-order valence-corrected chi connectivity index (χ0v) is 10.7. The summed E-state index contributed by atoms with van der Waals surface area (Å²) in [6.07, 6.45) is 5.52. The number of carbonyl (C=O) groups excluding carboxylic acids is 1. The highest BCUT2D eigenvalue weighted by atomic mass is 16.6. The van der Waals surface area contributed by atoms with Gasteiger partial charge < -0.3 is 14.6 Å². The summed E-state index contributed by atoms with van der Waals surface area (Å²) in [5, 5.41) is 9.58. The molecule has 0 saturated carbocycles. The Morgan fingerprint density at radius 2 is 2.35 bits per heavy atom. The first-order valence-corrected chi connectivity index (χ1v) is 5.97. The fraction of sp³-hybridized carbons (Fsp3) is 0.615. The molecule has 1 fully saturated rings. The molecule has 1 atom stereocenters. The zero-order valence-electron chi connectivity index (χ0n) is 10.7. The smallest absolute Gasteiger partial charge is 0.345 e. The number of allylic oxidation sites excluding steroid dienone is 1. The maximum absolute atomic E-state index is 11.7. The highest BCUT2D eigenvalue weighted by molar-refractivity contribution is 5.94. The van der Waals surface area contributed by atoms with E-state index in [1.54, 1.807) is 0 Å². The Hall–Kier alpha value is -1.45. The third-order valence-electron chi connectivity index (χ3n) is 2.70. The van der Waals surface area contributed by atoms with E-state index in [0.717, 1.165) is 24.8 Å². The molecule has 0 aromatic rings. The van der Waals surface area contributed by atoms with Crippen molar-refractivity contribution in [3.05, 3.63) is 23.2 Å². The average Bonchev–Trinajstić information content (AvgIpc) is 2.28. The summed E-state index contributed by atoms with van der Waals surface area (Å²) in [6, 6.07) is 0. The van der Waals surface area contributed by atoms with Gasteiger partial charge in [0, 0.05) is 6.42 Å². The maximum Gasteiger partial charge on any atom is 0.345 e. The van der Waals surface area contributed by atoms with E-state index in [0.29, 0.717) is 6.42 Å². The Labute approximate surface area is 102 Å². The van der Waals surface area contributed by atoms with E-state index in [-0.39, 0.29) is 17.6 Å². The molecule has 1 aliphatic rings. The summed E-state index contributed by atoms with van der Waals surface area (Å²) >= 11 is 0. The Balaban J connectivity index is 2.95. The first kappa shape index (κ1) is 13.6. The second-order valence-corrected chi connectivity index (χ2v) is 4.18. The minimum absolute atomic E-state index is 0.149. The molecule has 1 unspecified atom stereocenters. The van der Waals surface area contributed by atoms with E-state index in [4.69, 9.17) is 9.47 Å². The van der Waals surface area contributed by atoms with Crippen molar-refractivity contribution in [3.63, 3.8) is 0 Å². The lowest BCUT2D eigenvalue weighted by Gasteiger charge is -2.23. The summed E-state index contributed by atoms with van der Waals surface area (Å²) in [4.78, 5) is 11.7. The quantitative estimate of drug-likeness (QED) is 0.355. The Kier molecular flexibility index (Phi) is 5.07. The molecule has 0 bridgehead atoms. The first-order valence-electron chi connectivity index (χ1n) is 5.97. The van der Waals surface area contributed by atoms with Crippen molar-refractivity contribution < 1.29 is 19.4 Å². The lowest BCUT2D eigenvalue weighted by Crippen LogP contribution is -2.26. The van der Waals surface area contributed by atoms with Crippen molar-refractivity contribution >= 4 is 5.97 Å². The SMILES string of the molecule is CCCCC=C1CC(C)OC(=O)/C1=C(/O)OC. The molecule has 0 spiro atoms. The topological polar surface area (TPSA) is 55.8 Å². The van der Waals surface area contributed by atoms with Crippen molar-refractivity contribution in [2.24, 2.45) is 0 Å². The van der Waals surface area contributed by atoms with E-state index in [2.05, 4.69) is 6.92 Å². The van der Waals surface area contributed by atoms with Gasteiger partial charge in [-0.05, 0) is 18.9 Å². The van der Waals surface area contributed by atoms with Crippen LogP contribution in [-0.4, -0.2) is 24.3 Å². The molecule has 4 heteroatoms. The van der Waals surface area contributed by atoms with Gasteiger partial charge in [0.15, 0.2) is 0 Å². The molecule has 0 aromatic carbocycles. The predicted octanol–water partition coefficient (Wildman–Crippen LogP) is 2.85. The molecule has 1 N–H and O–H groups in total. The first-order chi connectivity index (χ1) is 8.10. The van der Waals surface area contributed by atoms with Crippen LogP contribution in [0.15, 0.2) is 23.2 Å². The molecule has 4 nitrogen and oxygen atoms in total. The van der Waals surface area contributed by atoms with Crippen molar-refractivity contribution in [1.82, 2.24) is 0 Å². The minimum Gasteiger partial charge on any atom is -0.480 e. The fourth-order valence-electron chi connectivity index (χ4n) is 1.82. The highest BCUT2D eigenvalue weighted by Crippen LogP contribution is 2.28. The zero-order chi connectivity index (χ0) is 12.8. The Morgan fingerprint density at radius 3 is 2.94 bits per heavy atom. The van der Waals surface area contributed by atoms with Crippen LogP contribution in [0.5, 0.6) is 0 Å². The number of hydrogen-bond donors (Lipinski definition) is 1. The normalized spacial score (nSPS) is 25.7. The van der Waals surface area contributed by atoms with Gasteiger partial charge in [0.2, 0.25) is 0 Å². The van der Waals surface area contributed by atoms with Gasteiger partial charge in [-0.25, -0.2) is 4.79 Å². The number of carbonyl (C=O) groups is 1. The second-order valence-electron chi connectivity index (χ2n) is 4.18. The van der Waals surface area contributed by atoms with E-state index in [9.17, 15) is 9.90 Å². The maximum atomic E-state index is 11.7. The van der Waals surface area contributed by atoms with Crippen LogP contribution in [0.25, 0.3) is 0 Å². The Bertz CT molecular complexity index is 341. The summed E-state index contributed by atoms with van der Waals surface area (Å²) in [5.74, 6) is -0.865. The summed E-state index contributed by atoms with van der Waals surface area (Å²) in [6.45, 7) is 3.95. The number of rotatable bonds is 4. The van der Waals surface area contributed by atoms with E-state index < -0.39 is 5.97 Å². The van der Waals surface area contributed by atoms with Gasteiger partial charge in [0.05, 0.1) is 7.11 Å². The van der Waals surface area contributed by atoms with Gasteiger partial charge >= 0.3 is 5.97 Å². The minimum atomic E-state index is -0.508. The van der Waals surface area contributed by atoms with Crippen molar-refractivity contribution in [2.75, 3.05) is 7.11 Å². The van der Waals surface area contributed by atoms with Crippen LogP contribution < -0.4 is 0 Å². The van der Waals surface area contributed by atoms with Crippen LogP contribution in [0.1, 0.15) is 39.5 Å². The van der Waals surface area contributed by atoms with Gasteiger partial charge in [-0.1, -0.05) is 25.8 Å². The number of cyclic esters (lactones) is 1. The molecule has 17 heavy (non-hydrogen) atoms. The third kappa shape index (κ3) is 3.51. The largest absolute Gasteiger partial charge is 0.480 e. The van der Waals surface area contributed by atoms with Crippen molar-refractivity contribution in [3.8, 4) is 0 Å². The molecule has 1 aliphatic heterocycles. The molecule has 0 amide bonds. The monoisotopic (exact) mass is 240 g/mol. The number of aliphatic hydroxyl groups excluding tert-OH is 1. The number of methoxy groups -OCH3 is 1. The van der Waals surface area contributed by atoms with Crippen LogP contribution in [0.2, 0.25) is 0 Å². The Morgan fingerprint density at radius 1 is 1.65 bits per heavy atom. The lowest BCUT2D eigenvalue weighted by molar-refractivity contribution is -0.145. The summed E-state index contributed by atoms with van der Waals surface area (Å²) in [7, 11) is 1.33. The van der Waals surface area contributed by atoms with Crippen LogP contribution >= 0.6 is 0 Å². The van der Waals surface area contributed by atoms with Gasteiger partial charge in [-0.2, -0.15) is 0 Å². The van der Waals surface area contributed by atoms with Gasteiger partial charge in [0.1, 0.15) is 11.7 Å². The number of hydrogen-bond acceptors (Lipinski definition) is 4. The number of unbranched alkanes of at least 4 members (excludes halogenated alkanes) is 2. The molecule has 96 valence electrons. The molecule has 0 aromatic heterocycles. The highest BCUT2D eigenvalue weighted by Gasteiger charge is 2.30. The molecule has 1 saturated heterocycles. The van der Waals surface area contributed by atoms with Crippen LogP contribution in [0.3, 0.4) is 0 Å². The van der Waals surface area contributed by atoms with E-state index in [1.165, 1.54) is 7.11 Å². The van der Waals surface area contributed by atoms with Crippen LogP contribution in [0, 0.1) is 0 Å². The van der Waals surface area contributed by atoms with Gasteiger partial charge in [-0.15, -0.1) is 0 Å². The number of aliphatic hydroxyl groups is 1. The third-order valence-corrected chi connectivity index (χ3v) is 2.70. The molecule has 1 heterocycles. The van der Waals surface area contributed by atoms with Gasteiger partial charge in [0.25, 0.3) is 5.95 Å². The van der Waals surface area contributed by atoms with Crippen molar-refractivity contribution in [1.29, 1.82) is 0 Å². The van der Waals surface area contributed by atoms with Crippen LogP contribution in [-0.2, 0) is 14.3 Å².